The lowest BCUT2D eigenvalue weighted by atomic mass is 10.0. The third kappa shape index (κ3) is 3.27. The summed E-state index contributed by atoms with van der Waals surface area (Å²) in [4.78, 5) is 24.8. The number of nitrogens with two attached hydrogens (primary N) is 1. The number of hydrazone groups is 1. The first-order valence-corrected chi connectivity index (χ1v) is 10.3. The molecule has 1 aromatic carbocycles. The summed E-state index contributed by atoms with van der Waals surface area (Å²) in [6.45, 7) is 2.80. The molecule has 9 heteroatoms. The van der Waals surface area contributed by atoms with Crippen molar-refractivity contribution in [2.24, 2.45) is 10.8 Å². The highest BCUT2D eigenvalue weighted by atomic mass is 32.1. The number of nitrogens with zero attached hydrogens (tertiary/aromatic N) is 4. The normalized spacial score (nSPS) is 16.0. The van der Waals surface area contributed by atoms with Crippen molar-refractivity contribution in [3.63, 3.8) is 0 Å². The Morgan fingerprint density at radius 1 is 1.28 bits per heavy atom. The average Bonchev–Trinajstić information content (AvgIpc) is 3.22. The number of ether oxygens (including phenoxy) is 1. The molecule has 1 fully saturated rings. The van der Waals surface area contributed by atoms with Gasteiger partial charge in [0.05, 0.1) is 40.5 Å². The maximum Gasteiger partial charge on any atom is 0.186 e. The molecule has 0 atom stereocenters. The largest absolute Gasteiger partial charge is 0.378 e. The van der Waals surface area contributed by atoms with Crippen molar-refractivity contribution >= 4 is 45.1 Å². The second kappa shape index (κ2) is 7.51. The van der Waals surface area contributed by atoms with Gasteiger partial charge >= 0.3 is 0 Å². The van der Waals surface area contributed by atoms with Gasteiger partial charge in [0.25, 0.3) is 0 Å². The minimum Gasteiger partial charge on any atom is -0.378 e. The van der Waals surface area contributed by atoms with E-state index in [-0.39, 0.29) is 12.3 Å². The Morgan fingerprint density at radius 2 is 2.14 bits per heavy atom. The topological polar surface area (TPSA) is 106 Å². The first-order chi connectivity index (χ1) is 14.2. The van der Waals surface area contributed by atoms with Gasteiger partial charge < -0.3 is 15.4 Å². The number of carbonyl (C=O) groups excluding carboxylic acids is 1. The van der Waals surface area contributed by atoms with E-state index in [1.54, 1.807) is 0 Å². The average molecular weight is 408 g/mol. The molecule has 0 amide bonds. The Balaban J connectivity index is 1.70. The Labute approximate surface area is 171 Å². The SMILES string of the molecule is NCC(=O)c1cc2nc(-c3cccc4c3CC=NN4)nc(N3CCOCC3)c2s1. The van der Waals surface area contributed by atoms with Crippen LogP contribution in [-0.4, -0.2) is 54.8 Å². The van der Waals surface area contributed by atoms with Gasteiger partial charge in [0.15, 0.2) is 17.4 Å². The fraction of sp³-hybridized carbons (Fsp3) is 0.300. The van der Waals surface area contributed by atoms with E-state index in [0.717, 1.165) is 45.9 Å². The molecular formula is C20H20N6O2S. The van der Waals surface area contributed by atoms with Gasteiger partial charge in [0, 0.05) is 31.3 Å². The number of morpholine rings is 1. The molecule has 0 spiro atoms. The molecule has 5 rings (SSSR count). The first kappa shape index (κ1) is 18.2. The van der Waals surface area contributed by atoms with Gasteiger partial charge in [0.2, 0.25) is 0 Å². The molecule has 8 nitrogen and oxygen atoms in total. The second-order valence-electron chi connectivity index (χ2n) is 6.88. The molecule has 3 aromatic rings. The molecule has 0 radical (unpaired) electrons. The summed E-state index contributed by atoms with van der Waals surface area (Å²) in [6.07, 6.45) is 2.56. The zero-order chi connectivity index (χ0) is 19.8. The number of Topliss-reactive ketones (excluding diaryl/α,β-unsaturated/α-hetero) is 1. The number of nitrogens with one attached hydrogen (secondary N) is 1. The Bertz CT molecular complexity index is 1120. The van der Waals surface area contributed by atoms with Crippen LogP contribution in [0, 0.1) is 0 Å². The molecule has 148 valence electrons. The monoisotopic (exact) mass is 408 g/mol. The maximum absolute atomic E-state index is 12.2. The van der Waals surface area contributed by atoms with E-state index in [2.05, 4.69) is 15.4 Å². The standard InChI is InChI=1S/C20H20N6O2S/c21-11-16(27)17-10-15-18(29-17)20(26-6-8-28-9-7-26)24-19(23-15)13-2-1-3-14-12(13)4-5-22-25-14/h1-3,5,10,25H,4,6-9,11,21H2. The minimum absolute atomic E-state index is 0.0167. The summed E-state index contributed by atoms with van der Waals surface area (Å²) in [5, 5.41) is 4.14. The van der Waals surface area contributed by atoms with Crippen LogP contribution in [-0.2, 0) is 11.2 Å². The highest BCUT2D eigenvalue weighted by Crippen LogP contribution is 2.36. The van der Waals surface area contributed by atoms with E-state index in [1.807, 2.05) is 30.5 Å². The third-order valence-corrected chi connectivity index (χ3v) is 6.27. The zero-order valence-corrected chi connectivity index (χ0v) is 16.5. The number of thiophene rings is 1. The summed E-state index contributed by atoms with van der Waals surface area (Å²) in [7, 11) is 0. The van der Waals surface area contributed by atoms with Crippen LogP contribution in [0.2, 0.25) is 0 Å². The molecule has 0 saturated carbocycles. The van der Waals surface area contributed by atoms with Crippen molar-refractivity contribution < 1.29 is 9.53 Å². The van der Waals surface area contributed by atoms with Crippen LogP contribution >= 0.6 is 11.3 Å². The molecule has 29 heavy (non-hydrogen) atoms. The van der Waals surface area contributed by atoms with Gasteiger partial charge in [-0.15, -0.1) is 11.3 Å². The third-order valence-electron chi connectivity index (χ3n) is 5.11. The first-order valence-electron chi connectivity index (χ1n) is 9.52. The minimum atomic E-state index is -0.0834. The van der Waals surface area contributed by atoms with Crippen molar-refractivity contribution in [2.45, 2.75) is 6.42 Å². The van der Waals surface area contributed by atoms with Gasteiger partial charge in [0.1, 0.15) is 0 Å². The molecule has 0 aliphatic carbocycles. The quantitative estimate of drug-likeness (QED) is 0.638. The lowest BCUT2D eigenvalue weighted by molar-refractivity contribution is 0.100. The highest BCUT2D eigenvalue weighted by Gasteiger charge is 2.23. The van der Waals surface area contributed by atoms with Crippen molar-refractivity contribution in [2.75, 3.05) is 43.2 Å². The van der Waals surface area contributed by atoms with Crippen molar-refractivity contribution in [1.82, 2.24) is 9.97 Å². The van der Waals surface area contributed by atoms with Crippen LogP contribution in [0.5, 0.6) is 0 Å². The zero-order valence-electron chi connectivity index (χ0n) is 15.7. The van der Waals surface area contributed by atoms with E-state index in [1.165, 1.54) is 11.3 Å². The molecule has 2 aromatic heterocycles. The van der Waals surface area contributed by atoms with Gasteiger partial charge in [-0.1, -0.05) is 12.1 Å². The summed E-state index contributed by atoms with van der Waals surface area (Å²) in [5.41, 5.74) is 12.4. The summed E-state index contributed by atoms with van der Waals surface area (Å²) < 4.78 is 6.42. The molecule has 1 saturated heterocycles. The number of rotatable bonds is 4. The van der Waals surface area contributed by atoms with Gasteiger partial charge in [-0.05, 0) is 17.7 Å². The van der Waals surface area contributed by atoms with Crippen LogP contribution in [0.15, 0.2) is 29.4 Å². The van der Waals surface area contributed by atoms with Gasteiger partial charge in [-0.25, -0.2) is 9.97 Å². The number of aromatic nitrogens is 2. The van der Waals surface area contributed by atoms with E-state index < -0.39 is 0 Å². The van der Waals surface area contributed by atoms with Crippen LogP contribution in [0.1, 0.15) is 15.2 Å². The van der Waals surface area contributed by atoms with Crippen LogP contribution < -0.4 is 16.1 Å². The number of fused-ring (bicyclic) bond motifs is 2. The maximum atomic E-state index is 12.2. The Hall–Kier alpha value is -2.88. The lowest BCUT2D eigenvalue weighted by Gasteiger charge is -2.28. The number of carbonyl (C=O) groups is 1. The molecule has 4 heterocycles. The van der Waals surface area contributed by atoms with E-state index in [0.29, 0.717) is 30.3 Å². The highest BCUT2D eigenvalue weighted by molar-refractivity contribution is 7.21. The Morgan fingerprint density at radius 3 is 2.97 bits per heavy atom. The summed E-state index contributed by atoms with van der Waals surface area (Å²) in [6, 6.07) is 7.84. The second-order valence-corrected chi connectivity index (χ2v) is 7.93. The van der Waals surface area contributed by atoms with Crippen molar-refractivity contribution in [1.29, 1.82) is 0 Å². The number of anilines is 2. The number of hydrogen-bond acceptors (Lipinski definition) is 9. The molecule has 0 bridgehead atoms. The summed E-state index contributed by atoms with van der Waals surface area (Å²) >= 11 is 1.41. The summed E-state index contributed by atoms with van der Waals surface area (Å²) in [5.74, 6) is 1.42. The van der Waals surface area contributed by atoms with Crippen molar-refractivity contribution in [3.8, 4) is 11.4 Å². The lowest BCUT2D eigenvalue weighted by Crippen LogP contribution is -2.36. The van der Waals surface area contributed by atoms with E-state index in [4.69, 9.17) is 20.4 Å². The fourth-order valence-corrected chi connectivity index (χ4v) is 4.70. The van der Waals surface area contributed by atoms with Gasteiger partial charge in [-0.2, -0.15) is 5.10 Å². The molecular weight excluding hydrogens is 388 g/mol. The van der Waals surface area contributed by atoms with Gasteiger partial charge in [-0.3, -0.25) is 10.2 Å². The van der Waals surface area contributed by atoms with Crippen LogP contribution in [0.4, 0.5) is 11.5 Å². The molecule has 0 unspecified atom stereocenters. The predicted molar refractivity (Wildman–Crippen MR) is 115 cm³/mol. The van der Waals surface area contributed by atoms with Crippen LogP contribution in [0.3, 0.4) is 0 Å². The number of ketones is 1. The molecule has 2 aliphatic heterocycles. The molecule has 3 N–H and O–H groups in total. The fourth-order valence-electron chi connectivity index (χ4n) is 3.64. The molecule has 2 aliphatic rings. The predicted octanol–water partition coefficient (Wildman–Crippen LogP) is 2.29. The van der Waals surface area contributed by atoms with Crippen LogP contribution in [0.25, 0.3) is 21.6 Å². The number of benzene rings is 1. The smallest absolute Gasteiger partial charge is 0.186 e. The van der Waals surface area contributed by atoms with E-state index in [9.17, 15) is 4.79 Å². The van der Waals surface area contributed by atoms with E-state index >= 15 is 0 Å². The van der Waals surface area contributed by atoms with Crippen molar-refractivity contribution in [3.05, 3.63) is 34.7 Å². The Kier molecular flexibility index (Phi) is 4.70. The number of hydrogen-bond donors (Lipinski definition) is 2.